The van der Waals surface area contributed by atoms with E-state index >= 15 is 0 Å². The largest absolute Gasteiger partial charge is 0.356 e. The Labute approximate surface area is 132 Å². The van der Waals surface area contributed by atoms with Gasteiger partial charge in [0.15, 0.2) is 0 Å². The van der Waals surface area contributed by atoms with E-state index in [9.17, 15) is 4.79 Å². The molecule has 3 nitrogen and oxygen atoms in total. The van der Waals surface area contributed by atoms with Crippen LogP contribution in [-0.2, 0) is 11.2 Å². The molecular weight excluding hydrogens is 272 g/mol. The van der Waals surface area contributed by atoms with Crippen LogP contribution in [0.4, 0.5) is 0 Å². The number of carbonyl (C=O) groups is 1. The molecule has 0 bridgehead atoms. The zero-order chi connectivity index (χ0) is 15.2. The van der Waals surface area contributed by atoms with Crippen LogP contribution in [0.25, 0.3) is 10.8 Å². The standard InChI is InChI=1S/C19H24N2O/c22-19(9-8-15-10-12-20-14-15)21-13-11-17-6-3-5-16-4-1-2-7-18(16)17/h1-7,15,20H,8-14H2,(H,21,22). The molecule has 2 aromatic rings. The predicted octanol–water partition coefficient (Wildman–Crippen LogP) is 2.89. The van der Waals surface area contributed by atoms with Crippen LogP contribution < -0.4 is 10.6 Å². The zero-order valence-corrected chi connectivity index (χ0v) is 13.0. The van der Waals surface area contributed by atoms with E-state index in [1.807, 2.05) is 0 Å². The number of benzene rings is 2. The predicted molar refractivity (Wildman–Crippen MR) is 90.9 cm³/mol. The summed E-state index contributed by atoms with van der Waals surface area (Å²) in [4.78, 5) is 11.9. The van der Waals surface area contributed by atoms with Crippen LogP contribution in [-0.4, -0.2) is 25.5 Å². The number of nitrogens with one attached hydrogen (secondary N) is 2. The lowest BCUT2D eigenvalue weighted by Gasteiger charge is -2.10. The van der Waals surface area contributed by atoms with Gasteiger partial charge in [-0.25, -0.2) is 0 Å². The fourth-order valence-corrected chi connectivity index (χ4v) is 3.23. The van der Waals surface area contributed by atoms with Crippen LogP contribution in [0.5, 0.6) is 0 Å². The molecule has 1 atom stereocenters. The van der Waals surface area contributed by atoms with Crippen LogP contribution in [0, 0.1) is 5.92 Å². The van der Waals surface area contributed by atoms with Gasteiger partial charge >= 0.3 is 0 Å². The maximum atomic E-state index is 11.9. The summed E-state index contributed by atoms with van der Waals surface area (Å²) in [5.41, 5.74) is 1.30. The summed E-state index contributed by atoms with van der Waals surface area (Å²) in [7, 11) is 0. The molecular formula is C19H24N2O. The van der Waals surface area contributed by atoms with E-state index in [0.29, 0.717) is 12.3 Å². The minimum Gasteiger partial charge on any atom is -0.356 e. The number of fused-ring (bicyclic) bond motifs is 1. The Hall–Kier alpha value is -1.87. The second-order valence-electron chi connectivity index (χ2n) is 6.14. The highest BCUT2D eigenvalue weighted by Crippen LogP contribution is 2.18. The third kappa shape index (κ3) is 3.86. The maximum Gasteiger partial charge on any atom is 0.220 e. The van der Waals surface area contributed by atoms with E-state index in [4.69, 9.17) is 0 Å². The van der Waals surface area contributed by atoms with Crippen molar-refractivity contribution in [1.29, 1.82) is 0 Å². The third-order valence-electron chi connectivity index (χ3n) is 4.54. The molecule has 1 aliphatic heterocycles. The lowest BCUT2D eigenvalue weighted by Crippen LogP contribution is -2.26. The number of rotatable bonds is 6. The number of hydrogen-bond acceptors (Lipinski definition) is 2. The Morgan fingerprint density at radius 2 is 2.05 bits per heavy atom. The van der Waals surface area contributed by atoms with Crippen molar-refractivity contribution in [3.05, 3.63) is 48.0 Å². The minimum atomic E-state index is 0.187. The highest BCUT2D eigenvalue weighted by Gasteiger charge is 2.15. The van der Waals surface area contributed by atoms with E-state index in [1.165, 1.54) is 22.8 Å². The van der Waals surface area contributed by atoms with Crippen molar-refractivity contribution in [2.45, 2.75) is 25.7 Å². The van der Waals surface area contributed by atoms with Crippen LogP contribution in [0.15, 0.2) is 42.5 Å². The molecule has 22 heavy (non-hydrogen) atoms. The quantitative estimate of drug-likeness (QED) is 0.860. The van der Waals surface area contributed by atoms with Crippen LogP contribution in [0.2, 0.25) is 0 Å². The van der Waals surface area contributed by atoms with Crippen molar-refractivity contribution < 1.29 is 4.79 Å². The van der Waals surface area contributed by atoms with E-state index in [0.717, 1.165) is 32.5 Å². The van der Waals surface area contributed by atoms with E-state index in [2.05, 4.69) is 53.1 Å². The highest BCUT2D eigenvalue weighted by molar-refractivity contribution is 5.85. The van der Waals surface area contributed by atoms with Gasteiger partial charge < -0.3 is 10.6 Å². The summed E-state index contributed by atoms with van der Waals surface area (Å²) >= 11 is 0. The average Bonchev–Trinajstić information content (AvgIpc) is 3.07. The molecule has 1 amide bonds. The van der Waals surface area contributed by atoms with E-state index in [1.54, 1.807) is 0 Å². The van der Waals surface area contributed by atoms with Gasteiger partial charge in [0.25, 0.3) is 0 Å². The first kappa shape index (κ1) is 15.0. The molecule has 0 aromatic heterocycles. The molecule has 0 radical (unpaired) electrons. The first-order valence-corrected chi connectivity index (χ1v) is 8.27. The summed E-state index contributed by atoms with van der Waals surface area (Å²) in [6, 6.07) is 14.8. The van der Waals surface area contributed by atoms with Gasteiger partial charge in [0.2, 0.25) is 5.91 Å². The fourth-order valence-electron chi connectivity index (χ4n) is 3.23. The highest BCUT2D eigenvalue weighted by atomic mass is 16.1. The molecule has 3 heteroatoms. The Morgan fingerprint density at radius 1 is 1.18 bits per heavy atom. The SMILES string of the molecule is O=C(CCC1CCNC1)NCCc1cccc2ccccc12. The van der Waals surface area contributed by atoms with Crippen LogP contribution >= 0.6 is 0 Å². The van der Waals surface area contributed by atoms with Crippen molar-refractivity contribution in [2.75, 3.05) is 19.6 Å². The lowest BCUT2D eigenvalue weighted by molar-refractivity contribution is -0.121. The van der Waals surface area contributed by atoms with Gasteiger partial charge in [0.1, 0.15) is 0 Å². The molecule has 0 spiro atoms. The summed E-state index contributed by atoms with van der Waals surface area (Å²) < 4.78 is 0. The lowest BCUT2D eigenvalue weighted by atomic mass is 10.0. The molecule has 3 rings (SSSR count). The van der Waals surface area contributed by atoms with Crippen LogP contribution in [0.1, 0.15) is 24.8 Å². The molecule has 2 aromatic carbocycles. The van der Waals surface area contributed by atoms with E-state index in [-0.39, 0.29) is 5.91 Å². The van der Waals surface area contributed by atoms with E-state index < -0.39 is 0 Å². The smallest absolute Gasteiger partial charge is 0.220 e. The van der Waals surface area contributed by atoms with Gasteiger partial charge in [-0.05, 0) is 54.6 Å². The normalized spacial score (nSPS) is 17.7. The maximum absolute atomic E-state index is 11.9. The van der Waals surface area contributed by atoms with Crippen molar-refractivity contribution in [1.82, 2.24) is 10.6 Å². The van der Waals surface area contributed by atoms with Crippen LogP contribution in [0.3, 0.4) is 0 Å². The molecule has 2 N–H and O–H groups in total. The van der Waals surface area contributed by atoms with Gasteiger partial charge in [-0.15, -0.1) is 0 Å². The summed E-state index contributed by atoms with van der Waals surface area (Å²) in [5, 5.41) is 8.96. The second kappa shape index (κ2) is 7.41. The van der Waals surface area contributed by atoms with Crippen molar-refractivity contribution in [3.8, 4) is 0 Å². The molecule has 116 valence electrons. The van der Waals surface area contributed by atoms with Crippen molar-refractivity contribution in [3.63, 3.8) is 0 Å². The Morgan fingerprint density at radius 3 is 2.91 bits per heavy atom. The first-order chi connectivity index (χ1) is 10.8. The topological polar surface area (TPSA) is 41.1 Å². The molecule has 1 saturated heterocycles. The van der Waals surface area contributed by atoms with Gasteiger partial charge in [-0.2, -0.15) is 0 Å². The average molecular weight is 296 g/mol. The molecule has 1 aliphatic rings. The monoisotopic (exact) mass is 296 g/mol. The molecule has 0 aliphatic carbocycles. The molecule has 0 saturated carbocycles. The Kier molecular flexibility index (Phi) is 5.07. The number of carbonyl (C=O) groups excluding carboxylic acids is 1. The summed E-state index contributed by atoms with van der Waals surface area (Å²) in [6.07, 6.45) is 3.76. The van der Waals surface area contributed by atoms with Crippen molar-refractivity contribution in [2.24, 2.45) is 5.92 Å². The molecule has 1 heterocycles. The number of amides is 1. The molecule has 1 unspecified atom stereocenters. The van der Waals surface area contributed by atoms with Crippen molar-refractivity contribution >= 4 is 16.7 Å². The summed E-state index contributed by atoms with van der Waals surface area (Å²) in [5.74, 6) is 0.871. The summed E-state index contributed by atoms with van der Waals surface area (Å²) in [6.45, 7) is 2.90. The van der Waals surface area contributed by atoms with Gasteiger partial charge in [0, 0.05) is 13.0 Å². The Balaban J connectivity index is 1.46. The number of hydrogen-bond donors (Lipinski definition) is 2. The Bertz CT molecular complexity index is 627. The van der Waals surface area contributed by atoms with Gasteiger partial charge in [-0.1, -0.05) is 42.5 Å². The second-order valence-corrected chi connectivity index (χ2v) is 6.14. The molecule has 1 fully saturated rings. The van der Waals surface area contributed by atoms with Gasteiger partial charge in [-0.3, -0.25) is 4.79 Å². The fraction of sp³-hybridized carbons (Fsp3) is 0.421. The third-order valence-corrected chi connectivity index (χ3v) is 4.54. The zero-order valence-electron chi connectivity index (χ0n) is 13.0. The first-order valence-electron chi connectivity index (χ1n) is 8.27. The van der Waals surface area contributed by atoms with Gasteiger partial charge in [0.05, 0.1) is 0 Å². The minimum absolute atomic E-state index is 0.187.